The Morgan fingerprint density at radius 2 is 2.19 bits per heavy atom. The highest BCUT2D eigenvalue weighted by molar-refractivity contribution is 6.33. The molecule has 0 fully saturated rings. The highest BCUT2D eigenvalue weighted by Gasteiger charge is 2.20. The van der Waals surface area contributed by atoms with Gasteiger partial charge in [-0.25, -0.2) is 4.39 Å². The molecule has 2 heterocycles. The van der Waals surface area contributed by atoms with Crippen molar-refractivity contribution in [2.75, 3.05) is 0 Å². The highest BCUT2D eigenvalue weighted by Crippen LogP contribution is 2.33. The minimum atomic E-state index is -0.671. The van der Waals surface area contributed by atoms with Crippen LogP contribution in [-0.4, -0.2) is 17.2 Å². The number of amides is 1. The Balaban J connectivity index is 1.46. The van der Waals surface area contributed by atoms with E-state index in [1.165, 1.54) is 18.2 Å². The predicted molar refractivity (Wildman–Crippen MR) is 98.3 cm³/mol. The lowest BCUT2D eigenvalue weighted by atomic mass is 10.1. The second kappa shape index (κ2) is 7.04. The molecule has 4 rings (SSSR count). The van der Waals surface area contributed by atoms with Crippen molar-refractivity contribution < 1.29 is 18.4 Å². The molecule has 138 valence electrons. The molecule has 1 atom stereocenters. The van der Waals surface area contributed by atoms with Gasteiger partial charge in [0.2, 0.25) is 0 Å². The lowest BCUT2D eigenvalue weighted by molar-refractivity contribution is 0.0946. The average Bonchev–Trinajstić information content (AvgIpc) is 3.24. The van der Waals surface area contributed by atoms with Gasteiger partial charge in [0.25, 0.3) is 5.91 Å². The van der Waals surface area contributed by atoms with E-state index >= 15 is 0 Å². The number of nitrogens with zero attached hydrogens (tertiary/aromatic N) is 1. The number of carbonyl (C=O) groups excluding carboxylic acids is 1. The van der Waals surface area contributed by atoms with E-state index in [4.69, 9.17) is 20.9 Å². The van der Waals surface area contributed by atoms with Crippen molar-refractivity contribution in [1.82, 2.24) is 10.5 Å². The smallest absolute Gasteiger partial charge is 0.256 e. The van der Waals surface area contributed by atoms with E-state index < -0.39 is 11.7 Å². The molecule has 0 spiro atoms. The molecule has 27 heavy (non-hydrogen) atoms. The van der Waals surface area contributed by atoms with Crippen LogP contribution in [-0.2, 0) is 13.0 Å². The fraction of sp³-hybridized carbons (Fsp3) is 0.200. The largest absolute Gasteiger partial charge is 0.490 e. The van der Waals surface area contributed by atoms with Crippen LogP contribution in [0.5, 0.6) is 5.75 Å². The Kier molecular flexibility index (Phi) is 4.58. The van der Waals surface area contributed by atoms with Gasteiger partial charge in [-0.1, -0.05) is 22.8 Å². The van der Waals surface area contributed by atoms with Crippen LogP contribution in [0.3, 0.4) is 0 Å². The molecule has 1 unspecified atom stereocenters. The number of aromatic nitrogens is 1. The monoisotopic (exact) mass is 386 g/mol. The van der Waals surface area contributed by atoms with Crippen molar-refractivity contribution in [3.05, 3.63) is 70.1 Å². The van der Waals surface area contributed by atoms with Crippen LogP contribution in [0, 0.1) is 5.82 Å². The van der Waals surface area contributed by atoms with Gasteiger partial charge in [0, 0.05) is 18.1 Å². The SMILES string of the molecule is CC1Cc2cc(-c3cc(CNC(=O)c4c(F)cccc4Cl)no3)ccc2O1. The predicted octanol–water partition coefficient (Wildman–Crippen LogP) is 4.39. The molecule has 1 amide bonds. The molecular weight excluding hydrogens is 371 g/mol. The maximum atomic E-state index is 13.8. The fourth-order valence-corrected chi connectivity index (χ4v) is 3.33. The third-order valence-electron chi connectivity index (χ3n) is 4.36. The van der Waals surface area contributed by atoms with Crippen molar-refractivity contribution in [3.63, 3.8) is 0 Å². The number of fused-ring (bicyclic) bond motifs is 1. The van der Waals surface area contributed by atoms with Crippen molar-refractivity contribution in [3.8, 4) is 17.1 Å². The highest BCUT2D eigenvalue weighted by atomic mass is 35.5. The Bertz CT molecular complexity index is 998. The summed E-state index contributed by atoms with van der Waals surface area (Å²) in [7, 11) is 0. The first-order valence-electron chi connectivity index (χ1n) is 8.49. The maximum Gasteiger partial charge on any atom is 0.256 e. The van der Waals surface area contributed by atoms with E-state index in [0.29, 0.717) is 11.5 Å². The number of rotatable bonds is 4. The molecule has 0 saturated heterocycles. The van der Waals surface area contributed by atoms with Crippen LogP contribution in [0.4, 0.5) is 4.39 Å². The van der Waals surface area contributed by atoms with Crippen molar-refractivity contribution in [2.45, 2.75) is 26.0 Å². The Morgan fingerprint density at radius 1 is 1.33 bits per heavy atom. The molecule has 1 aromatic heterocycles. The Morgan fingerprint density at radius 3 is 3.00 bits per heavy atom. The summed E-state index contributed by atoms with van der Waals surface area (Å²) in [6, 6.07) is 11.7. The summed E-state index contributed by atoms with van der Waals surface area (Å²) in [6.45, 7) is 2.12. The third kappa shape index (κ3) is 3.53. The zero-order chi connectivity index (χ0) is 19.0. The average molecular weight is 387 g/mol. The first-order valence-corrected chi connectivity index (χ1v) is 8.87. The zero-order valence-electron chi connectivity index (χ0n) is 14.5. The van der Waals surface area contributed by atoms with Gasteiger partial charge in [-0.3, -0.25) is 4.79 Å². The number of carbonyl (C=O) groups is 1. The van der Waals surface area contributed by atoms with E-state index in [9.17, 15) is 9.18 Å². The van der Waals surface area contributed by atoms with E-state index in [0.717, 1.165) is 23.3 Å². The van der Waals surface area contributed by atoms with Crippen LogP contribution in [0.25, 0.3) is 11.3 Å². The van der Waals surface area contributed by atoms with Crippen molar-refractivity contribution in [2.24, 2.45) is 0 Å². The molecule has 1 aliphatic rings. The first-order chi connectivity index (χ1) is 13.0. The van der Waals surface area contributed by atoms with Gasteiger partial charge in [-0.2, -0.15) is 0 Å². The van der Waals surface area contributed by atoms with Crippen molar-refractivity contribution >= 4 is 17.5 Å². The lowest BCUT2D eigenvalue weighted by Crippen LogP contribution is -2.24. The van der Waals surface area contributed by atoms with Gasteiger partial charge < -0.3 is 14.6 Å². The summed E-state index contributed by atoms with van der Waals surface area (Å²) in [5.41, 5.74) is 2.35. The third-order valence-corrected chi connectivity index (χ3v) is 4.67. The normalized spacial score (nSPS) is 15.3. The molecule has 1 N–H and O–H groups in total. The molecule has 0 saturated carbocycles. The summed E-state index contributed by atoms with van der Waals surface area (Å²) < 4.78 is 24.9. The number of benzene rings is 2. The number of hydrogen-bond donors (Lipinski definition) is 1. The topological polar surface area (TPSA) is 64.4 Å². The molecular formula is C20H16ClFN2O3. The van der Waals surface area contributed by atoms with Gasteiger partial charge in [0.1, 0.15) is 23.4 Å². The lowest BCUT2D eigenvalue weighted by Gasteiger charge is -2.05. The fourth-order valence-electron chi connectivity index (χ4n) is 3.08. The molecule has 5 nitrogen and oxygen atoms in total. The molecule has 0 radical (unpaired) electrons. The Labute approximate surface area is 160 Å². The van der Waals surface area contributed by atoms with Gasteiger partial charge in [-0.05, 0) is 42.8 Å². The summed E-state index contributed by atoms with van der Waals surface area (Å²) in [5, 5.41) is 6.63. The van der Waals surface area contributed by atoms with Gasteiger partial charge in [0.15, 0.2) is 5.76 Å². The van der Waals surface area contributed by atoms with Crippen LogP contribution < -0.4 is 10.1 Å². The minimum absolute atomic E-state index is 0.0583. The molecule has 0 bridgehead atoms. The summed E-state index contributed by atoms with van der Waals surface area (Å²) >= 11 is 5.90. The van der Waals surface area contributed by atoms with Crippen LogP contribution in [0.1, 0.15) is 28.5 Å². The van der Waals surface area contributed by atoms with E-state index in [1.807, 2.05) is 25.1 Å². The first kappa shape index (κ1) is 17.5. The quantitative estimate of drug-likeness (QED) is 0.722. The minimum Gasteiger partial charge on any atom is -0.490 e. The molecule has 7 heteroatoms. The number of nitrogens with one attached hydrogen (secondary N) is 1. The van der Waals surface area contributed by atoms with Crippen LogP contribution >= 0.6 is 11.6 Å². The summed E-state index contributed by atoms with van der Waals surface area (Å²) in [5.74, 6) is 0.201. The second-order valence-electron chi connectivity index (χ2n) is 6.42. The van der Waals surface area contributed by atoms with E-state index in [2.05, 4.69) is 10.5 Å². The number of ether oxygens (including phenoxy) is 1. The second-order valence-corrected chi connectivity index (χ2v) is 6.82. The molecule has 0 aliphatic carbocycles. The molecule has 3 aromatic rings. The summed E-state index contributed by atoms with van der Waals surface area (Å²) in [4.78, 5) is 12.2. The zero-order valence-corrected chi connectivity index (χ0v) is 15.2. The van der Waals surface area contributed by atoms with Gasteiger partial charge in [-0.15, -0.1) is 0 Å². The Hall–Kier alpha value is -2.86. The standard InChI is InChI=1S/C20H16ClFN2O3/c1-11-7-13-8-12(5-6-17(13)26-11)18-9-14(24-27-18)10-23-20(25)19-15(21)3-2-4-16(19)22/h2-6,8-9,11H,7,10H2,1H3,(H,23,25). The van der Waals surface area contributed by atoms with E-state index in [1.54, 1.807) is 6.07 Å². The van der Waals surface area contributed by atoms with Crippen LogP contribution in [0.2, 0.25) is 5.02 Å². The summed E-state index contributed by atoms with van der Waals surface area (Å²) in [6.07, 6.45) is 1.02. The number of hydrogen-bond acceptors (Lipinski definition) is 4. The maximum absolute atomic E-state index is 13.8. The van der Waals surface area contributed by atoms with Crippen LogP contribution in [0.15, 0.2) is 47.0 Å². The molecule has 1 aliphatic heterocycles. The van der Waals surface area contributed by atoms with E-state index in [-0.39, 0.29) is 23.2 Å². The number of halogens is 2. The van der Waals surface area contributed by atoms with Gasteiger partial charge in [0.05, 0.1) is 17.1 Å². The van der Waals surface area contributed by atoms with Crippen molar-refractivity contribution in [1.29, 1.82) is 0 Å². The molecule has 2 aromatic carbocycles. The van der Waals surface area contributed by atoms with Gasteiger partial charge >= 0.3 is 0 Å².